The zero-order chi connectivity index (χ0) is 36.4. The molecule has 1 atom stereocenters. The average molecular weight is 691 g/mol. The Morgan fingerprint density at radius 2 is 0.860 bits per heavy atom. The summed E-state index contributed by atoms with van der Waals surface area (Å²) in [6.07, 6.45) is 57.4. The highest BCUT2D eigenvalue weighted by molar-refractivity contribution is 5.71. The van der Waals surface area contributed by atoms with Crippen molar-refractivity contribution >= 4 is 11.9 Å². The van der Waals surface area contributed by atoms with E-state index in [-0.39, 0.29) is 25.6 Å². The first-order valence-electron chi connectivity index (χ1n) is 19.4. The zero-order valence-electron chi connectivity index (χ0n) is 31.6. The number of esters is 2. The van der Waals surface area contributed by atoms with Crippen LogP contribution in [-0.4, -0.2) is 36.4 Å². The molecule has 5 nitrogen and oxygen atoms in total. The number of ether oxygens (including phenoxy) is 2. The van der Waals surface area contributed by atoms with E-state index in [0.717, 1.165) is 83.5 Å². The first-order chi connectivity index (χ1) is 24.6. The van der Waals surface area contributed by atoms with Crippen LogP contribution < -0.4 is 0 Å². The standard InChI is InChI=1S/C45H70O5/c1-3-5-7-9-11-13-15-17-19-20-21-22-23-24-26-27-29-31-33-35-37-39-44(47)49-42-43(41-46)50-45(48)40-38-36-34-32-30-28-25-18-16-14-12-10-8-6-4-2/h5-8,11-14,17-19,21-22,25,30,32,36,38,43,46H,3-4,9-10,15-16,20,23-24,26-29,31,33-35,37,39-42H2,1-2H3/b7-5-,8-6-,13-11-,14-12-,19-17-,22-21-,25-18-,32-30-,38-36-. The Labute approximate surface area is 306 Å². The number of hydrogen-bond donors (Lipinski definition) is 1. The number of rotatable bonds is 33. The molecular weight excluding hydrogens is 620 g/mol. The van der Waals surface area contributed by atoms with Crippen molar-refractivity contribution in [2.45, 2.75) is 148 Å². The summed E-state index contributed by atoms with van der Waals surface area (Å²) < 4.78 is 10.5. The first kappa shape index (κ1) is 46.6. The lowest BCUT2D eigenvalue weighted by molar-refractivity contribution is -0.160. The molecule has 0 radical (unpaired) electrons. The summed E-state index contributed by atoms with van der Waals surface area (Å²) in [4.78, 5) is 24.2. The van der Waals surface area contributed by atoms with Gasteiger partial charge in [0.2, 0.25) is 0 Å². The minimum Gasteiger partial charge on any atom is -0.462 e. The highest BCUT2D eigenvalue weighted by Gasteiger charge is 2.15. The second-order valence-corrected chi connectivity index (χ2v) is 12.3. The quantitative estimate of drug-likeness (QED) is 0.0421. The van der Waals surface area contributed by atoms with Gasteiger partial charge < -0.3 is 14.6 Å². The van der Waals surface area contributed by atoms with Crippen molar-refractivity contribution in [2.24, 2.45) is 0 Å². The number of aliphatic hydroxyl groups excluding tert-OH is 1. The van der Waals surface area contributed by atoms with Crippen molar-refractivity contribution in [3.63, 3.8) is 0 Å². The molecule has 1 unspecified atom stereocenters. The van der Waals surface area contributed by atoms with E-state index >= 15 is 0 Å². The number of carbonyl (C=O) groups excluding carboxylic acids is 2. The maximum absolute atomic E-state index is 12.1. The van der Waals surface area contributed by atoms with Crippen LogP contribution in [0.3, 0.4) is 0 Å². The highest BCUT2D eigenvalue weighted by atomic mass is 16.6. The molecule has 0 bridgehead atoms. The Kier molecular flexibility index (Phi) is 37.2. The number of unbranched alkanes of at least 4 members (excludes halogenated alkanes) is 8. The number of carbonyl (C=O) groups is 2. The third-order valence-corrected chi connectivity index (χ3v) is 7.59. The summed E-state index contributed by atoms with van der Waals surface area (Å²) in [6.45, 7) is 3.79. The topological polar surface area (TPSA) is 72.8 Å². The van der Waals surface area contributed by atoms with Crippen LogP contribution in [0.4, 0.5) is 0 Å². The highest BCUT2D eigenvalue weighted by Crippen LogP contribution is 2.12. The fourth-order valence-electron chi connectivity index (χ4n) is 4.74. The predicted molar refractivity (Wildman–Crippen MR) is 214 cm³/mol. The van der Waals surface area contributed by atoms with E-state index in [4.69, 9.17) is 9.47 Å². The van der Waals surface area contributed by atoms with Crippen molar-refractivity contribution < 1.29 is 24.2 Å². The van der Waals surface area contributed by atoms with Crippen LogP contribution in [0.1, 0.15) is 142 Å². The van der Waals surface area contributed by atoms with Gasteiger partial charge in [-0.05, 0) is 77.0 Å². The minimum atomic E-state index is -0.836. The number of allylic oxidation sites excluding steroid dienone is 17. The molecule has 0 aromatic heterocycles. The van der Waals surface area contributed by atoms with Gasteiger partial charge in [-0.25, -0.2) is 0 Å². The molecule has 0 heterocycles. The SMILES string of the molecule is CC/C=C\C/C=C\C/C=C\C/C=C\C/C=C\CC(=O)OC(CO)COC(=O)CCCCCCCCCC/C=C\C/C=C\C/C=C\C/C=C\CC. The Morgan fingerprint density at radius 1 is 0.480 bits per heavy atom. The summed E-state index contributed by atoms with van der Waals surface area (Å²) in [7, 11) is 0. The summed E-state index contributed by atoms with van der Waals surface area (Å²) in [5.41, 5.74) is 0. The van der Waals surface area contributed by atoms with E-state index in [9.17, 15) is 14.7 Å². The van der Waals surface area contributed by atoms with Crippen molar-refractivity contribution in [2.75, 3.05) is 13.2 Å². The molecule has 0 rings (SSSR count). The smallest absolute Gasteiger partial charge is 0.310 e. The van der Waals surface area contributed by atoms with E-state index in [2.05, 4.69) is 111 Å². The minimum absolute atomic E-state index is 0.114. The van der Waals surface area contributed by atoms with Gasteiger partial charge in [-0.1, -0.05) is 162 Å². The van der Waals surface area contributed by atoms with Gasteiger partial charge >= 0.3 is 11.9 Å². The monoisotopic (exact) mass is 691 g/mol. The fourth-order valence-corrected chi connectivity index (χ4v) is 4.74. The van der Waals surface area contributed by atoms with Gasteiger partial charge in [-0.15, -0.1) is 0 Å². The molecule has 0 saturated carbocycles. The van der Waals surface area contributed by atoms with Gasteiger partial charge in [0.25, 0.3) is 0 Å². The molecule has 0 aromatic carbocycles. The Balaban J connectivity index is 3.72. The van der Waals surface area contributed by atoms with Gasteiger partial charge in [-0.2, -0.15) is 0 Å². The maximum Gasteiger partial charge on any atom is 0.310 e. The maximum atomic E-state index is 12.1. The first-order valence-corrected chi connectivity index (χ1v) is 19.4. The Bertz CT molecular complexity index is 1050. The molecule has 5 heteroatoms. The van der Waals surface area contributed by atoms with Crippen molar-refractivity contribution in [1.29, 1.82) is 0 Å². The van der Waals surface area contributed by atoms with Gasteiger partial charge in [0.15, 0.2) is 6.10 Å². The predicted octanol–water partition coefficient (Wildman–Crippen LogP) is 12.3. The zero-order valence-corrected chi connectivity index (χ0v) is 31.6. The molecule has 0 saturated heterocycles. The van der Waals surface area contributed by atoms with Crippen LogP contribution in [-0.2, 0) is 19.1 Å². The molecule has 1 N–H and O–H groups in total. The normalized spacial score (nSPS) is 13.4. The van der Waals surface area contributed by atoms with E-state index < -0.39 is 12.1 Å². The van der Waals surface area contributed by atoms with Crippen LogP contribution in [0.2, 0.25) is 0 Å². The molecule has 0 fully saturated rings. The van der Waals surface area contributed by atoms with Crippen LogP contribution in [0, 0.1) is 0 Å². The molecule has 0 spiro atoms. The van der Waals surface area contributed by atoms with Gasteiger partial charge in [0, 0.05) is 6.42 Å². The number of aliphatic hydroxyl groups is 1. The Morgan fingerprint density at radius 3 is 1.30 bits per heavy atom. The van der Waals surface area contributed by atoms with Crippen molar-refractivity contribution in [1.82, 2.24) is 0 Å². The molecule has 280 valence electrons. The molecule has 0 aliphatic carbocycles. The van der Waals surface area contributed by atoms with Crippen molar-refractivity contribution in [3.8, 4) is 0 Å². The third-order valence-electron chi connectivity index (χ3n) is 7.59. The second-order valence-electron chi connectivity index (χ2n) is 12.3. The van der Waals surface area contributed by atoms with E-state index in [1.54, 1.807) is 6.08 Å². The van der Waals surface area contributed by atoms with Gasteiger partial charge in [0.1, 0.15) is 6.61 Å². The summed E-state index contributed by atoms with van der Waals surface area (Å²) in [5, 5.41) is 9.53. The van der Waals surface area contributed by atoms with Gasteiger partial charge in [0.05, 0.1) is 13.0 Å². The lowest BCUT2D eigenvalue weighted by atomic mass is 10.1. The molecule has 0 aliphatic rings. The summed E-state index contributed by atoms with van der Waals surface area (Å²) in [6, 6.07) is 0. The number of hydrogen-bond acceptors (Lipinski definition) is 5. The van der Waals surface area contributed by atoms with Gasteiger partial charge in [-0.3, -0.25) is 9.59 Å². The third kappa shape index (κ3) is 37.4. The molecule has 50 heavy (non-hydrogen) atoms. The largest absolute Gasteiger partial charge is 0.462 e. The van der Waals surface area contributed by atoms with E-state index in [0.29, 0.717) is 6.42 Å². The average Bonchev–Trinajstić information content (AvgIpc) is 3.12. The molecule has 0 aliphatic heterocycles. The molecular formula is C45H70O5. The lowest BCUT2D eigenvalue weighted by Crippen LogP contribution is -2.28. The summed E-state index contributed by atoms with van der Waals surface area (Å²) >= 11 is 0. The lowest BCUT2D eigenvalue weighted by Gasteiger charge is -2.15. The van der Waals surface area contributed by atoms with E-state index in [1.807, 2.05) is 6.08 Å². The summed E-state index contributed by atoms with van der Waals surface area (Å²) in [5.74, 6) is -0.760. The van der Waals surface area contributed by atoms with Crippen LogP contribution in [0.25, 0.3) is 0 Å². The Hall–Kier alpha value is -3.44. The van der Waals surface area contributed by atoms with Crippen LogP contribution in [0.15, 0.2) is 109 Å². The van der Waals surface area contributed by atoms with Crippen molar-refractivity contribution in [3.05, 3.63) is 109 Å². The molecule has 0 amide bonds. The molecule has 0 aromatic rings. The van der Waals surface area contributed by atoms with E-state index in [1.165, 1.54) is 32.1 Å². The van der Waals surface area contributed by atoms with Crippen LogP contribution in [0.5, 0.6) is 0 Å². The second kappa shape index (κ2) is 40.0. The fraction of sp³-hybridized carbons (Fsp3) is 0.556. The van der Waals surface area contributed by atoms with Crippen LogP contribution >= 0.6 is 0 Å².